The van der Waals surface area contributed by atoms with E-state index in [9.17, 15) is 4.79 Å². The first-order chi connectivity index (χ1) is 7.63. The number of hydrogen-bond donors (Lipinski definition) is 4. The van der Waals surface area contributed by atoms with E-state index in [2.05, 4.69) is 10.5 Å². The zero-order valence-electron chi connectivity index (χ0n) is 9.35. The second kappa shape index (κ2) is 6.32. The molecule has 1 aliphatic rings. The maximum absolute atomic E-state index is 10.9. The number of nitrogens with zero attached hydrogens (tertiary/aromatic N) is 1. The Morgan fingerprint density at radius 1 is 1.31 bits per heavy atom. The number of amides is 1. The molecule has 0 spiro atoms. The Morgan fingerprint density at radius 3 is 2.44 bits per heavy atom. The van der Waals surface area contributed by atoms with Crippen LogP contribution >= 0.6 is 0 Å². The lowest BCUT2D eigenvalue weighted by Gasteiger charge is -2.27. The molecule has 1 amide bonds. The predicted octanol–water partition coefficient (Wildman–Crippen LogP) is -0.243. The fraction of sp³-hybridized carbons (Fsp3) is 0.800. The molecule has 1 fully saturated rings. The highest BCUT2D eigenvalue weighted by Gasteiger charge is 2.23. The summed E-state index contributed by atoms with van der Waals surface area (Å²) in [5, 5.41) is 14.6. The van der Waals surface area contributed by atoms with Crippen molar-refractivity contribution in [2.24, 2.45) is 22.5 Å². The molecule has 6 nitrogen and oxygen atoms in total. The lowest BCUT2D eigenvalue weighted by molar-refractivity contribution is -0.122. The van der Waals surface area contributed by atoms with E-state index in [-0.39, 0.29) is 17.7 Å². The first-order valence-electron chi connectivity index (χ1n) is 5.62. The molecule has 6 N–H and O–H groups in total. The summed E-state index contributed by atoms with van der Waals surface area (Å²) in [5.41, 5.74) is 10.6. The zero-order valence-corrected chi connectivity index (χ0v) is 9.35. The molecule has 1 aliphatic carbocycles. The van der Waals surface area contributed by atoms with Crippen LogP contribution in [0.3, 0.4) is 0 Å². The van der Waals surface area contributed by atoms with E-state index in [0.717, 1.165) is 25.7 Å². The summed E-state index contributed by atoms with van der Waals surface area (Å²) in [4.78, 5) is 10.9. The van der Waals surface area contributed by atoms with Gasteiger partial charge in [-0.05, 0) is 25.7 Å². The summed E-state index contributed by atoms with van der Waals surface area (Å²) in [5.74, 6) is 0.0931. The molecule has 0 bridgehead atoms. The number of amidine groups is 1. The normalized spacial score (nSPS) is 26.6. The molecule has 0 atom stereocenters. The van der Waals surface area contributed by atoms with Gasteiger partial charge in [0.25, 0.3) is 0 Å². The number of nitrogens with one attached hydrogen (secondary N) is 1. The molecule has 6 heteroatoms. The second-order valence-electron chi connectivity index (χ2n) is 4.25. The number of nitrogens with two attached hydrogens (primary N) is 2. The van der Waals surface area contributed by atoms with Crippen LogP contribution in [0, 0.1) is 5.92 Å². The van der Waals surface area contributed by atoms with Crippen molar-refractivity contribution in [2.45, 2.75) is 38.1 Å². The van der Waals surface area contributed by atoms with Crippen LogP contribution in [0.25, 0.3) is 0 Å². The summed E-state index contributed by atoms with van der Waals surface area (Å²) in [6.45, 7) is 0.696. The summed E-state index contributed by atoms with van der Waals surface area (Å²) in [7, 11) is 0. The van der Waals surface area contributed by atoms with E-state index in [4.69, 9.17) is 16.7 Å². The van der Waals surface area contributed by atoms with Crippen LogP contribution in [0.4, 0.5) is 0 Å². The molecule has 0 aromatic heterocycles. The van der Waals surface area contributed by atoms with Crippen LogP contribution < -0.4 is 16.8 Å². The lowest BCUT2D eigenvalue weighted by atomic mass is 9.85. The van der Waals surface area contributed by atoms with Crippen molar-refractivity contribution in [1.29, 1.82) is 0 Å². The standard InChI is InChI=1S/C10H20N4O2/c11-9(14-16)5-6-13-8-3-1-7(2-4-8)10(12)15/h7-8,13,16H,1-6H2,(H2,11,14)(H2,12,15). The highest BCUT2D eigenvalue weighted by Crippen LogP contribution is 2.23. The maximum Gasteiger partial charge on any atom is 0.220 e. The minimum atomic E-state index is -0.185. The summed E-state index contributed by atoms with van der Waals surface area (Å²) >= 11 is 0. The Morgan fingerprint density at radius 2 is 1.94 bits per heavy atom. The molecular formula is C10H20N4O2. The molecule has 0 saturated heterocycles. The first-order valence-corrected chi connectivity index (χ1v) is 5.62. The van der Waals surface area contributed by atoms with Crippen molar-refractivity contribution in [1.82, 2.24) is 5.32 Å². The maximum atomic E-state index is 10.9. The number of primary amides is 1. The molecule has 92 valence electrons. The monoisotopic (exact) mass is 228 g/mol. The van der Waals surface area contributed by atoms with Crippen molar-refractivity contribution in [3.8, 4) is 0 Å². The topological polar surface area (TPSA) is 114 Å². The van der Waals surface area contributed by atoms with Crippen molar-refractivity contribution >= 4 is 11.7 Å². The molecule has 16 heavy (non-hydrogen) atoms. The summed E-state index contributed by atoms with van der Waals surface area (Å²) in [6.07, 6.45) is 4.17. The molecule has 1 saturated carbocycles. The van der Waals surface area contributed by atoms with E-state index in [1.54, 1.807) is 0 Å². The highest BCUT2D eigenvalue weighted by molar-refractivity contribution is 5.79. The molecule has 0 heterocycles. The van der Waals surface area contributed by atoms with Gasteiger partial charge < -0.3 is 22.0 Å². The van der Waals surface area contributed by atoms with Crippen LogP contribution in [-0.2, 0) is 4.79 Å². The third kappa shape index (κ3) is 4.06. The van der Waals surface area contributed by atoms with Gasteiger partial charge in [-0.1, -0.05) is 5.16 Å². The fourth-order valence-electron chi connectivity index (χ4n) is 2.04. The Bertz CT molecular complexity index is 260. The molecule has 1 rings (SSSR count). The highest BCUT2D eigenvalue weighted by atomic mass is 16.4. The molecule has 0 unspecified atom stereocenters. The zero-order chi connectivity index (χ0) is 12.0. The Labute approximate surface area is 95.1 Å². The van der Waals surface area contributed by atoms with Gasteiger partial charge in [-0.3, -0.25) is 4.79 Å². The molecular weight excluding hydrogens is 208 g/mol. The van der Waals surface area contributed by atoms with Gasteiger partial charge in [0.05, 0.1) is 0 Å². The second-order valence-corrected chi connectivity index (χ2v) is 4.25. The van der Waals surface area contributed by atoms with E-state index >= 15 is 0 Å². The van der Waals surface area contributed by atoms with Crippen LogP contribution in [-0.4, -0.2) is 29.5 Å². The molecule has 0 aliphatic heterocycles. The van der Waals surface area contributed by atoms with Gasteiger partial charge in [0.1, 0.15) is 5.84 Å². The smallest absolute Gasteiger partial charge is 0.220 e. The van der Waals surface area contributed by atoms with Crippen LogP contribution in [0.1, 0.15) is 32.1 Å². The average Bonchev–Trinajstić information content (AvgIpc) is 2.29. The van der Waals surface area contributed by atoms with E-state index in [1.807, 2.05) is 0 Å². The van der Waals surface area contributed by atoms with Crippen LogP contribution in [0.2, 0.25) is 0 Å². The SMILES string of the molecule is NC(=O)C1CCC(NCCC(N)=NO)CC1. The van der Waals surface area contributed by atoms with Crippen LogP contribution in [0.5, 0.6) is 0 Å². The van der Waals surface area contributed by atoms with Gasteiger partial charge in [0.2, 0.25) is 5.91 Å². The Kier molecular flexibility index (Phi) is 5.04. The van der Waals surface area contributed by atoms with Gasteiger partial charge >= 0.3 is 0 Å². The van der Waals surface area contributed by atoms with E-state index in [0.29, 0.717) is 19.0 Å². The van der Waals surface area contributed by atoms with Gasteiger partial charge in [-0.2, -0.15) is 0 Å². The van der Waals surface area contributed by atoms with Gasteiger partial charge in [0.15, 0.2) is 0 Å². The van der Waals surface area contributed by atoms with Crippen LogP contribution in [0.15, 0.2) is 5.16 Å². The Hall–Kier alpha value is -1.30. The van der Waals surface area contributed by atoms with Crippen molar-refractivity contribution in [3.05, 3.63) is 0 Å². The summed E-state index contributed by atoms with van der Waals surface area (Å²) in [6, 6.07) is 0.419. The van der Waals surface area contributed by atoms with E-state index in [1.165, 1.54) is 0 Å². The average molecular weight is 228 g/mol. The van der Waals surface area contributed by atoms with E-state index < -0.39 is 0 Å². The number of carbonyl (C=O) groups excluding carboxylic acids is 1. The number of carbonyl (C=O) groups is 1. The van der Waals surface area contributed by atoms with Gasteiger partial charge in [0, 0.05) is 24.9 Å². The van der Waals surface area contributed by atoms with Gasteiger partial charge in [-0.15, -0.1) is 0 Å². The lowest BCUT2D eigenvalue weighted by Crippen LogP contribution is -2.37. The Balaban J connectivity index is 2.15. The van der Waals surface area contributed by atoms with Crippen molar-refractivity contribution in [2.75, 3.05) is 6.54 Å². The summed E-state index contributed by atoms with van der Waals surface area (Å²) < 4.78 is 0. The molecule has 0 radical (unpaired) electrons. The minimum Gasteiger partial charge on any atom is -0.409 e. The van der Waals surface area contributed by atoms with Gasteiger partial charge in [-0.25, -0.2) is 0 Å². The minimum absolute atomic E-state index is 0.0436. The fourth-order valence-corrected chi connectivity index (χ4v) is 2.04. The third-order valence-electron chi connectivity index (χ3n) is 3.07. The van der Waals surface area contributed by atoms with Crippen molar-refractivity contribution < 1.29 is 10.0 Å². The molecule has 0 aromatic rings. The largest absolute Gasteiger partial charge is 0.409 e. The molecule has 0 aromatic carbocycles. The predicted molar refractivity (Wildman–Crippen MR) is 61.0 cm³/mol. The van der Waals surface area contributed by atoms with Crippen molar-refractivity contribution in [3.63, 3.8) is 0 Å². The number of rotatable bonds is 5. The first kappa shape index (κ1) is 12.8. The quantitative estimate of drug-likeness (QED) is 0.225. The third-order valence-corrected chi connectivity index (χ3v) is 3.07. The number of hydrogen-bond acceptors (Lipinski definition) is 4. The number of oxime groups is 1.